The second-order valence-corrected chi connectivity index (χ2v) is 5.03. The summed E-state index contributed by atoms with van der Waals surface area (Å²) in [6, 6.07) is 8.47. The van der Waals surface area contributed by atoms with Crippen molar-refractivity contribution >= 4 is 11.9 Å². The van der Waals surface area contributed by atoms with Crippen LogP contribution >= 0.6 is 0 Å². The zero-order valence-corrected chi connectivity index (χ0v) is 12.1. The van der Waals surface area contributed by atoms with Gasteiger partial charge in [-0.25, -0.2) is 4.79 Å². The molecule has 0 saturated carbocycles. The Hall–Kier alpha value is -1.84. The number of rotatable bonds is 8. The Labute approximate surface area is 120 Å². The molecule has 1 aromatic rings. The number of carboxylic acid groups (broad SMARTS) is 1. The molecule has 2 N–H and O–H groups in total. The van der Waals surface area contributed by atoms with E-state index in [9.17, 15) is 14.7 Å². The van der Waals surface area contributed by atoms with Gasteiger partial charge in [0.05, 0.1) is 0 Å². The molecule has 1 rings (SSSR count). The SMILES string of the molecule is CCC(CC)CC(=O)N[C@H](Cc1ccccc1)C(=O)O. The van der Waals surface area contributed by atoms with Crippen LogP contribution in [-0.2, 0) is 16.0 Å². The highest BCUT2D eigenvalue weighted by atomic mass is 16.4. The average Bonchev–Trinajstić information content (AvgIpc) is 2.45. The quantitative estimate of drug-likeness (QED) is 0.767. The summed E-state index contributed by atoms with van der Waals surface area (Å²) in [5.41, 5.74) is 0.905. The fraction of sp³-hybridized carbons (Fsp3) is 0.500. The highest BCUT2D eigenvalue weighted by molar-refractivity contribution is 5.83. The summed E-state index contributed by atoms with van der Waals surface area (Å²) >= 11 is 0. The maximum atomic E-state index is 11.9. The minimum atomic E-state index is -0.994. The van der Waals surface area contributed by atoms with Gasteiger partial charge in [-0.1, -0.05) is 57.0 Å². The summed E-state index contributed by atoms with van der Waals surface area (Å²) in [5, 5.41) is 11.8. The van der Waals surface area contributed by atoms with Crippen molar-refractivity contribution in [1.82, 2.24) is 5.32 Å². The Morgan fingerprint density at radius 2 is 1.75 bits per heavy atom. The summed E-state index contributed by atoms with van der Waals surface area (Å²) < 4.78 is 0. The Balaban J connectivity index is 2.59. The zero-order valence-electron chi connectivity index (χ0n) is 12.1. The van der Waals surface area contributed by atoms with Crippen LogP contribution in [0.4, 0.5) is 0 Å². The number of nitrogens with one attached hydrogen (secondary N) is 1. The molecule has 0 unspecified atom stereocenters. The maximum Gasteiger partial charge on any atom is 0.326 e. The van der Waals surface area contributed by atoms with E-state index in [2.05, 4.69) is 5.32 Å². The predicted octanol–water partition coefficient (Wildman–Crippen LogP) is 2.62. The van der Waals surface area contributed by atoms with E-state index in [0.717, 1.165) is 18.4 Å². The maximum absolute atomic E-state index is 11.9. The number of carbonyl (C=O) groups excluding carboxylic acids is 1. The standard InChI is InChI=1S/C16H23NO3/c1-3-12(4-2)11-15(18)17-14(16(19)20)10-13-8-6-5-7-9-13/h5-9,12,14H,3-4,10-11H2,1-2H3,(H,17,18)(H,19,20)/t14-/m1/s1. The zero-order chi connectivity index (χ0) is 15.0. The largest absolute Gasteiger partial charge is 0.480 e. The topological polar surface area (TPSA) is 66.4 Å². The number of benzene rings is 1. The molecule has 1 atom stereocenters. The first-order valence-electron chi connectivity index (χ1n) is 7.12. The number of carboxylic acids is 1. The molecule has 1 amide bonds. The fourth-order valence-corrected chi connectivity index (χ4v) is 2.14. The molecule has 0 spiro atoms. The lowest BCUT2D eigenvalue weighted by Crippen LogP contribution is -2.42. The van der Waals surface area contributed by atoms with Crippen LogP contribution in [0.1, 0.15) is 38.7 Å². The molecule has 0 radical (unpaired) electrons. The highest BCUT2D eigenvalue weighted by Crippen LogP contribution is 2.12. The van der Waals surface area contributed by atoms with Crippen molar-refractivity contribution in [2.45, 2.75) is 45.6 Å². The molecule has 0 heterocycles. The van der Waals surface area contributed by atoms with E-state index in [0.29, 0.717) is 18.8 Å². The van der Waals surface area contributed by atoms with Crippen molar-refractivity contribution in [1.29, 1.82) is 0 Å². The van der Waals surface area contributed by atoms with Gasteiger partial charge >= 0.3 is 5.97 Å². The smallest absolute Gasteiger partial charge is 0.326 e. The van der Waals surface area contributed by atoms with E-state index >= 15 is 0 Å². The normalized spacial score (nSPS) is 12.2. The van der Waals surface area contributed by atoms with Gasteiger partial charge in [0.2, 0.25) is 5.91 Å². The summed E-state index contributed by atoms with van der Waals surface area (Å²) in [7, 11) is 0. The molecule has 0 aliphatic carbocycles. The predicted molar refractivity (Wildman–Crippen MR) is 78.4 cm³/mol. The van der Waals surface area contributed by atoms with Crippen LogP contribution in [-0.4, -0.2) is 23.0 Å². The molecule has 0 aliphatic heterocycles. The molecule has 4 nitrogen and oxygen atoms in total. The molecule has 0 bridgehead atoms. The summed E-state index contributed by atoms with van der Waals surface area (Å²) in [5.74, 6) is -0.852. The fourth-order valence-electron chi connectivity index (χ4n) is 2.14. The molecule has 1 aromatic carbocycles. The van der Waals surface area contributed by atoms with Crippen molar-refractivity contribution < 1.29 is 14.7 Å². The van der Waals surface area contributed by atoms with Gasteiger partial charge in [-0.05, 0) is 11.5 Å². The minimum absolute atomic E-state index is 0.179. The first-order chi connectivity index (χ1) is 9.56. The second-order valence-electron chi connectivity index (χ2n) is 5.03. The van der Waals surface area contributed by atoms with Crippen molar-refractivity contribution in [2.24, 2.45) is 5.92 Å². The van der Waals surface area contributed by atoms with Crippen molar-refractivity contribution in [2.75, 3.05) is 0 Å². The van der Waals surface area contributed by atoms with Gasteiger partial charge in [0, 0.05) is 12.8 Å². The van der Waals surface area contributed by atoms with Gasteiger partial charge < -0.3 is 10.4 Å². The monoisotopic (exact) mass is 277 g/mol. The molecule has 0 aliphatic rings. The van der Waals surface area contributed by atoms with Gasteiger partial charge in [-0.3, -0.25) is 4.79 Å². The first kappa shape index (κ1) is 16.2. The van der Waals surface area contributed by atoms with Crippen LogP contribution in [0.5, 0.6) is 0 Å². The number of carbonyl (C=O) groups is 2. The first-order valence-corrected chi connectivity index (χ1v) is 7.12. The van der Waals surface area contributed by atoms with E-state index in [1.807, 2.05) is 44.2 Å². The van der Waals surface area contributed by atoms with Gasteiger partial charge in [0.15, 0.2) is 0 Å². The molecular weight excluding hydrogens is 254 g/mol. The lowest BCUT2D eigenvalue weighted by molar-refractivity contribution is -0.141. The van der Waals surface area contributed by atoms with Crippen molar-refractivity contribution in [3.05, 3.63) is 35.9 Å². The molecule has 20 heavy (non-hydrogen) atoms. The van der Waals surface area contributed by atoms with E-state index in [1.54, 1.807) is 0 Å². The Morgan fingerprint density at radius 1 is 1.15 bits per heavy atom. The second kappa shape index (κ2) is 8.35. The summed E-state index contributed by atoms with van der Waals surface area (Å²) in [4.78, 5) is 23.2. The third-order valence-corrected chi connectivity index (χ3v) is 3.54. The number of hydrogen-bond donors (Lipinski definition) is 2. The summed E-state index contributed by atoms with van der Waals surface area (Å²) in [6.45, 7) is 4.08. The van der Waals surface area contributed by atoms with Crippen LogP contribution in [0.25, 0.3) is 0 Å². The Bertz CT molecular complexity index is 427. The Morgan fingerprint density at radius 3 is 2.25 bits per heavy atom. The number of hydrogen-bond acceptors (Lipinski definition) is 2. The van der Waals surface area contributed by atoms with Gasteiger partial charge in [-0.15, -0.1) is 0 Å². The number of aliphatic carboxylic acids is 1. The van der Waals surface area contributed by atoms with E-state index in [4.69, 9.17) is 0 Å². The van der Waals surface area contributed by atoms with Gasteiger partial charge in [0.1, 0.15) is 6.04 Å². The van der Waals surface area contributed by atoms with Gasteiger partial charge in [0.25, 0.3) is 0 Å². The molecule has 4 heteroatoms. The minimum Gasteiger partial charge on any atom is -0.480 e. The van der Waals surface area contributed by atoms with Gasteiger partial charge in [-0.2, -0.15) is 0 Å². The third kappa shape index (κ3) is 5.43. The lowest BCUT2D eigenvalue weighted by Gasteiger charge is -2.17. The molecule has 0 saturated heterocycles. The molecule has 0 aromatic heterocycles. The van der Waals surface area contributed by atoms with E-state index in [-0.39, 0.29) is 5.91 Å². The lowest BCUT2D eigenvalue weighted by atomic mass is 9.98. The van der Waals surface area contributed by atoms with Crippen LogP contribution in [0.2, 0.25) is 0 Å². The van der Waals surface area contributed by atoms with Crippen LogP contribution in [0.3, 0.4) is 0 Å². The molecule has 110 valence electrons. The van der Waals surface area contributed by atoms with Crippen LogP contribution in [0, 0.1) is 5.92 Å². The van der Waals surface area contributed by atoms with E-state index in [1.165, 1.54) is 0 Å². The molecule has 0 fully saturated rings. The molecular formula is C16H23NO3. The highest BCUT2D eigenvalue weighted by Gasteiger charge is 2.21. The Kier molecular flexibility index (Phi) is 6.77. The number of amides is 1. The van der Waals surface area contributed by atoms with Crippen LogP contribution in [0.15, 0.2) is 30.3 Å². The summed E-state index contributed by atoms with van der Waals surface area (Å²) in [6.07, 6.45) is 2.57. The van der Waals surface area contributed by atoms with Crippen molar-refractivity contribution in [3.63, 3.8) is 0 Å². The van der Waals surface area contributed by atoms with E-state index < -0.39 is 12.0 Å². The van der Waals surface area contributed by atoms with Crippen LogP contribution < -0.4 is 5.32 Å². The average molecular weight is 277 g/mol. The van der Waals surface area contributed by atoms with Crippen molar-refractivity contribution in [3.8, 4) is 0 Å². The third-order valence-electron chi connectivity index (χ3n) is 3.54.